The fourth-order valence-corrected chi connectivity index (χ4v) is 3.25. The van der Waals surface area contributed by atoms with Crippen molar-refractivity contribution in [3.05, 3.63) is 92.5 Å². The van der Waals surface area contributed by atoms with Gasteiger partial charge in [-0.1, -0.05) is 28.1 Å². The number of fused-ring (bicyclic) bond motifs is 1. The molecular formula is C23H16BrN3O4. The van der Waals surface area contributed by atoms with Gasteiger partial charge >= 0.3 is 0 Å². The molecule has 1 amide bonds. The third kappa shape index (κ3) is 4.70. The molecule has 1 heterocycles. The Bertz CT molecular complexity index is 1340. The smallest absolute Gasteiger partial charge is 0.270 e. The number of rotatable bonds is 5. The Hall–Kier alpha value is -3.78. The number of hydrogen-bond donors (Lipinski definition) is 1. The molecule has 1 aromatic heterocycles. The molecule has 0 aliphatic rings. The third-order valence-corrected chi connectivity index (χ3v) is 5.46. The summed E-state index contributed by atoms with van der Waals surface area (Å²) in [6.07, 6.45) is 2.84. The van der Waals surface area contributed by atoms with E-state index in [1.165, 1.54) is 24.3 Å². The maximum absolute atomic E-state index is 12.3. The molecule has 154 valence electrons. The first-order valence-electron chi connectivity index (χ1n) is 9.30. The molecule has 0 fully saturated rings. The van der Waals surface area contributed by atoms with Crippen LogP contribution < -0.4 is 5.32 Å². The van der Waals surface area contributed by atoms with E-state index >= 15 is 0 Å². The molecule has 0 atom stereocenters. The van der Waals surface area contributed by atoms with Gasteiger partial charge in [-0.3, -0.25) is 14.9 Å². The van der Waals surface area contributed by atoms with Gasteiger partial charge in [0, 0.05) is 33.9 Å². The summed E-state index contributed by atoms with van der Waals surface area (Å²) in [5, 5.41) is 13.6. The number of carbonyl (C=O) groups is 1. The first-order valence-corrected chi connectivity index (χ1v) is 10.1. The van der Waals surface area contributed by atoms with Crippen molar-refractivity contribution in [2.75, 3.05) is 5.32 Å². The van der Waals surface area contributed by atoms with E-state index in [1.54, 1.807) is 30.3 Å². The van der Waals surface area contributed by atoms with Crippen molar-refractivity contribution in [1.82, 2.24) is 4.98 Å². The highest BCUT2D eigenvalue weighted by atomic mass is 79.9. The average Bonchev–Trinajstić information content (AvgIpc) is 3.18. The Kier molecular flexibility index (Phi) is 5.64. The number of amides is 1. The Balaban J connectivity index is 1.51. The number of benzene rings is 3. The van der Waals surface area contributed by atoms with Crippen molar-refractivity contribution < 1.29 is 14.1 Å². The van der Waals surface area contributed by atoms with Crippen LogP contribution >= 0.6 is 15.9 Å². The van der Waals surface area contributed by atoms with Crippen molar-refractivity contribution in [2.24, 2.45) is 0 Å². The quantitative estimate of drug-likeness (QED) is 0.212. The maximum atomic E-state index is 12.3. The van der Waals surface area contributed by atoms with E-state index in [2.05, 4.69) is 26.2 Å². The van der Waals surface area contributed by atoms with Gasteiger partial charge in [-0.25, -0.2) is 4.98 Å². The van der Waals surface area contributed by atoms with Crippen molar-refractivity contribution >= 4 is 50.4 Å². The van der Waals surface area contributed by atoms with Crippen LogP contribution in [0.4, 0.5) is 11.4 Å². The average molecular weight is 478 g/mol. The van der Waals surface area contributed by atoms with Crippen molar-refractivity contribution in [3.8, 4) is 11.5 Å². The predicted molar refractivity (Wildman–Crippen MR) is 123 cm³/mol. The normalized spacial score (nSPS) is 11.2. The van der Waals surface area contributed by atoms with Gasteiger partial charge in [0.25, 0.3) is 5.69 Å². The number of aryl methyl sites for hydroxylation is 1. The van der Waals surface area contributed by atoms with Gasteiger partial charge in [0.2, 0.25) is 11.8 Å². The van der Waals surface area contributed by atoms with E-state index < -0.39 is 4.92 Å². The minimum Gasteiger partial charge on any atom is -0.436 e. The van der Waals surface area contributed by atoms with Gasteiger partial charge in [0.15, 0.2) is 5.58 Å². The second kappa shape index (κ2) is 8.53. The summed E-state index contributed by atoms with van der Waals surface area (Å²) in [4.78, 5) is 27.2. The molecule has 0 bridgehead atoms. The highest BCUT2D eigenvalue weighted by molar-refractivity contribution is 9.10. The molecule has 1 N–H and O–H groups in total. The van der Waals surface area contributed by atoms with Gasteiger partial charge in [-0.2, -0.15) is 0 Å². The Morgan fingerprint density at radius 3 is 2.77 bits per heavy atom. The van der Waals surface area contributed by atoms with Crippen molar-refractivity contribution in [2.45, 2.75) is 6.92 Å². The molecule has 3 aromatic carbocycles. The lowest BCUT2D eigenvalue weighted by Crippen LogP contribution is -2.07. The molecule has 0 aliphatic heterocycles. The summed E-state index contributed by atoms with van der Waals surface area (Å²) in [5.74, 6) is 0.137. The first kappa shape index (κ1) is 20.5. The summed E-state index contributed by atoms with van der Waals surface area (Å²) in [6.45, 7) is 1.99. The lowest BCUT2D eigenvalue weighted by atomic mass is 10.1. The number of halogens is 1. The maximum Gasteiger partial charge on any atom is 0.270 e. The van der Waals surface area contributed by atoms with E-state index in [-0.39, 0.29) is 11.6 Å². The van der Waals surface area contributed by atoms with E-state index in [0.29, 0.717) is 28.2 Å². The zero-order valence-electron chi connectivity index (χ0n) is 16.3. The van der Waals surface area contributed by atoms with Crippen LogP contribution in [0, 0.1) is 17.0 Å². The SMILES string of the molecule is Cc1cc(-c2nc3cc(NC(=O)/C=C/c4cccc([N+](=O)[O-])c4)ccc3o2)ccc1Br. The molecule has 7 nitrogen and oxygen atoms in total. The van der Waals surface area contributed by atoms with Crippen molar-refractivity contribution in [3.63, 3.8) is 0 Å². The van der Waals surface area contributed by atoms with Gasteiger partial charge in [0.1, 0.15) is 5.52 Å². The summed E-state index contributed by atoms with van der Waals surface area (Å²) in [7, 11) is 0. The fourth-order valence-electron chi connectivity index (χ4n) is 3.00. The molecule has 0 saturated heterocycles. The Morgan fingerprint density at radius 1 is 1.16 bits per heavy atom. The van der Waals surface area contributed by atoms with Crippen LogP contribution in [0.3, 0.4) is 0 Å². The van der Waals surface area contributed by atoms with Gasteiger partial charge < -0.3 is 9.73 Å². The molecule has 0 spiro atoms. The number of nitrogens with zero attached hydrogens (tertiary/aromatic N) is 2. The van der Waals surface area contributed by atoms with Gasteiger partial charge in [-0.15, -0.1) is 0 Å². The van der Waals surface area contributed by atoms with Crippen LogP contribution in [0.2, 0.25) is 0 Å². The highest BCUT2D eigenvalue weighted by Gasteiger charge is 2.11. The number of nitrogens with one attached hydrogen (secondary N) is 1. The molecule has 4 rings (SSSR count). The lowest BCUT2D eigenvalue weighted by Gasteiger charge is -2.01. The fraction of sp³-hybridized carbons (Fsp3) is 0.0435. The lowest BCUT2D eigenvalue weighted by molar-refractivity contribution is -0.384. The van der Waals surface area contributed by atoms with E-state index in [0.717, 1.165) is 15.6 Å². The molecule has 0 unspecified atom stereocenters. The molecule has 8 heteroatoms. The zero-order chi connectivity index (χ0) is 22.0. The number of nitro groups is 1. The van der Waals surface area contributed by atoms with Gasteiger partial charge in [0.05, 0.1) is 4.92 Å². The number of aromatic nitrogens is 1. The number of hydrogen-bond acceptors (Lipinski definition) is 5. The third-order valence-electron chi connectivity index (χ3n) is 4.57. The summed E-state index contributed by atoms with van der Waals surface area (Å²) < 4.78 is 6.85. The molecule has 0 radical (unpaired) electrons. The second-order valence-corrected chi connectivity index (χ2v) is 7.69. The van der Waals surface area contributed by atoms with E-state index in [9.17, 15) is 14.9 Å². The second-order valence-electron chi connectivity index (χ2n) is 6.84. The van der Waals surface area contributed by atoms with Crippen molar-refractivity contribution in [1.29, 1.82) is 0 Å². The zero-order valence-corrected chi connectivity index (χ0v) is 17.9. The largest absolute Gasteiger partial charge is 0.436 e. The number of nitro benzene ring substituents is 1. The minimum atomic E-state index is -0.478. The first-order chi connectivity index (χ1) is 14.9. The van der Waals surface area contributed by atoms with Crippen LogP contribution in [0.1, 0.15) is 11.1 Å². The van der Waals surface area contributed by atoms with Crippen LogP contribution in [-0.2, 0) is 4.79 Å². The van der Waals surface area contributed by atoms with Gasteiger partial charge in [-0.05, 0) is 60.5 Å². The number of anilines is 1. The molecular weight excluding hydrogens is 462 g/mol. The number of carbonyl (C=O) groups excluding carboxylic acids is 1. The van der Waals surface area contributed by atoms with Crippen LogP contribution in [-0.4, -0.2) is 15.8 Å². The van der Waals surface area contributed by atoms with E-state index in [4.69, 9.17) is 4.42 Å². The monoisotopic (exact) mass is 477 g/mol. The van der Waals surface area contributed by atoms with Crippen LogP contribution in [0.15, 0.2) is 75.6 Å². The summed E-state index contributed by atoms with van der Waals surface area (Å²) >= 11 is 3.48. The summed E-state index contributed by atoms with van der Waals surface area (Å²) in [6, 6.07) is 17.1. The highest BCUT2D eigenvalue weighted by Crippen LogP contribution is 2.28. The van der Waals surface area contributed by atoms with Crippen LogP contribution in [0.5, 0.6) is 0 Å². The minimum absolute atomic E-state index is 0.0317. The number of oxazole rings is 1. The number of non-ortho nitro benzene ring substituents is 1. The Morgan fingerprint density at radius 2 is 2.00 bits per heavy atom. The summed E-state index contributed by atoms with van der Waals surface area (Å²) in [5.41, 5.74) is 4.26. The van der Waals surface area contributed by atoms with E-state index in [1.807, 2.05) is 25.1 Å². The van der Waals surface area contributed by atoms with Crippen LogP contribution in [0.25, 0.3) is 28.6 Å². The predicted octanol–water partition coefficient (Wildman–Crippen LogP) is 6.13. The topological polar surface area (TPSA) is 98.3 Å². The molecule has 4 aromatic rings. The molecule has 0 saturated carbocycles. The standard InChI is InChI=1S/C23H16BrN3O4/c1-14-11-16(6-8-19(14)24)23-26-20-13-17(7-9-21(20)31-23)25-22(28)10-5-15-3-2-4-18(12-15)27(29)30/h2-13H,1H3,(H,25,28)/b10-5+. The molecule has 0 aliphatic carbocycles. The Labute approximate surface area is 185 Å². The molecule has 31 heavy (non-hydrogen) atoms.